The van der Waals surface area contributed by atoms with Crippen LogP contribution >= 0.6 is 11.6 Å². The molecule has 0 radical (unpaired) electrons. The van der Waals surface area contributed by atoms with E-state index in [2.05, 4.69) is 12.2 Å². The molecule has 0 saturated heterocycles. The Morgan fingerprint density at radius 2 is 1.90 bits per heavy atom. The maximum atomic E-state index is 12.1. The Morgan fingerprint density at radius 1 is 1.20 bits per heavy atom. The first-order chi connectivity index (χ1) is 9.58. The minimum atomic E-state index is -0.220. The van der Waals surface area contributed by atoms with Crippen molar-refractivity contribution in [3.8, 4) is 0 Å². The third-order valence-electron chi connectivity index (χ3n) is 2.93. The average molecular weight is 289 g/mol. The molecule has 0 aliphatic rings. The van der Waals surface area contributed by atoms with Gasteiger partial charge in [0.15, 0.2) is 0 Å². The summed E-state index contributed by atoms with van der Waals surface area (Å²) in [5.41, 5.74) is 8.62. The molecule has 2 aromatic carbocycles. The van der Waals surface area contributed by atoms with Gasteiger partial charge in [-0.1, -0.05) is 37.1 Å². The molecule has 20 heavy (non-hydrogen) atoms. The number of anilines is 2. The van der Waals surface area contributed by atoms with Crippen molar-refractivity contribution in [1.29, 1.82) is 0 Å². The summed E-state index contributed by atoms with van der Waals surface area (Å²) < 4.78 is 0. The Labute approximate surface area is 123 Å². The molecule has 0 saturated carbocycles. The summed E-state index contributed by atoms with van der Waals surface area (Å²) in [6, 6.07) is 12.6. The number of nitrogen functional groups attached to an aromatic ring is 1. The van der Waals surface area contributed by atoms with E-state index < -0.39 is 0 Å². The highest BCUT2D eigenvalue weighted by molar-refractivity contribution is 6.31. The summed E-state index contributed by atoms with van der Waals surface area (Å²) in [4.78, 5) is 12.1. The van der Waals surface area contributed by atoms with E-state index >= 15 is 0 Å². The van der Waals surface area contributed by atoms with Gasteiger partial charge in [-0.2, -0.15) is 0 Å². The molecule has 0 atom stereocenters. The number of hydrogen-bond donors (Lipinski definition) is 2. The Kier molecular flexibility index (Phi) is 4.64. The van der Waals surface area contributed by atoms with Gasteiger partial charge in [0.05, 0.1) is 0 Å². The SMILES string of the molecule is CCCc1ccc(NC(=O)c2cc(N)cc(Cl)c2)cc1. The molecule has 0 aromatic heterocycles. The first kappa shape index (κ1) is 14.4. The van der Waals surface area contributed by atoms with Crippen molar-refractivity contribution in [2.75, 3.05) is 11.1 Å². The molecule has 0 unspecified atom stereocenters. The molecule has 4 heteroatoms. The molecule has 2 aromatic rings. The Morgan fingerprint density at radius 3 is 2.50 bits per heavy atom. The highest BCUT2D eigenvalue weighted by atomic mass is 35.5. The van der Waals surface area contributed by atoms with E-state index in [9.17, 15) is 4.79 Å². The lowest BCUT2D eigenvalue weighted by atomic mass is 10.1. The molecular formula is C16H17ClN2O. The van der Waals surface area contributed by atoms with Gasteiger partial charge in [0.1, 0.15) is 0 Å². The molecule has 1 amide bonds. The molecule has 104 valence electrons. The third kappa shape index (κ3) is 3.75. The second kappa shape index (κ2) is 6.44. The second-order valence-electron chi connectivity index (χ2n) is 4.67. The molecule has 0 aliphatic carbocycles. The number of halogens is 1. The molecule has 0 bridgehead atoms. The van der Waals surface area contributed by atoms with Gasteiger partial charge in [0, 0.05) is 22.0 Å². The minimum absolute atomic E-state index is 0.220. The van der Waals surface area contributed by atoms with Gasteiger partial charge in [-0.05, 0) is 42.3 Å². The van der Waals surface area contributed by atoms with Crippen molar-refractivity contribution < 1.29 is 4.79 Å². The predicted octanol–water partition coefficient (Wildman–Crippen LogP) is 4.13. The van der Waals surface area contributed by atoms with Crippen LogP contribution in [-0.4, -0.2) is 5.91 Å². The van der Waals surface area contributed by atoms with Crippen LogP contribution in [0.5, 0.6) is 0 Å². The van der Waals surface area contributed by atoms with Crippen molar-refractivity contribution >= 4 is 28.9 Å². The topological polar surface area (TPSA) is 55.1 Å². The molecule has 0 spiro atoms. The van der Waals surface area contributed by atoms with Gasteiger partial charge in [-0.3, -0.25) is 4.79 Å². The average Bonchev–Trinajstić information content (AvgIpc) is 2.40. The van der Waals surface area contributed by atoms with E-state index in [1.165, 1.54) is 5.56 Å². The number of nitrogens with one attached hydrogen (secondary N) is 1. The lowest BCUT2D eigenvalue weighted by Gasteiger charge is -2.07. The van der Waals surface area contributed by atoms with Gasteiger partial charge in [-0.15, -0.1) is 0 Å². The number of hydrogen-bond acceptors (Lipinski definition) is 2. The Balaban J connectivity index is 2.10. The minimum Gasteiger partial charge on any atom is -0.399 e. The van der Waals surface area contributed by atoms with E-state index in [-0.39, 0.29) is 5.91 Å². The van der Waals surface area contributed by atoms with Crippen LogP contribution in [0.15, 0.2) is 42.5 Å². The molecular weight excluding hydrogens is 272 g/mol. The Hall–Kier alpha value is -2.00. The fourth-order valence-electron chi connectivity index (χ4n) is 1.99. The molecule has 0 heterocycles. The monoisotopic (exact) mass is 288 g/mol. The van der Waals surface area contributed by atoms with Gasteiger partial charge in [-0.25, -0.2) is 0 Å². The van der Waals surface area contributed by atoms with Gasteiger partial charge < -0.3 is 11.1 Å². The highest BCUT2D eigenvalue weighted by Gasteiger charge is 2.08. The van der Waals surface area contributed by atoms with Gasteiger partial charge in [0.25, 0.3) is 5.91 Å². The molecule has 2 rings (SSSR count). The fraction of sp³-hybridized carbons (Fsp3) is 0.188. The summed E-state index contributed by atoms with van der Waals surface area (Å²) in [6.07, 6.45) is 2.15. The summed E-state index contributed by atoms with van der Waals surface area (Å²) in [7, 11) is 0. The largest absolute Gasteiger partial charge is 0.399 e. The zero-order chi connectivity index (χ0) is 14.5. The standard InChI is InChI=1S/C16H17ClN2O/c1-2-3-11-4-6-15(7-5-11)19-16(20)12-8-13(17)10-14(18)9-12/h4-10H,2-3,18H2,1H3,(H,19,20). The Bertz CT molecular complexity index is 588. The van der Waals surface area contributed by atoms with E-state index in [1.807, 2.05) is 24.3 Å². The van der Waals surface area contributed by atoms with Crippen LogP contribution < -0.4 is 11.1 Å². The van der Waals surface area contributed by atoms with Gasteiger partial charge >= 0.3 is 0 Å². The van der Waals surface area contributed by atoms with Crippen LogP contribution in [0.25, 0.3) is 0 Å². The van der Waals surface area contributed by atoms with Crippen molar-refractivity contribution in [2.24, 2.45) is 0 Å². The summed E-state index contributed by atoms with van der Waals surface area (Å²) in [5, 5.41) is 3.28. The summed E-state index contributed by atoms with van der Waals surface area (Å²) >= 11 is 5.89. The van der Waals surface area contributed by atoms with E-state index in [4.69, 9.17) is 17.3 Å². The quantitative estimate of drug-likeness (QED) is 0.831. The number of carbonyl (C=O) groups excluding carboxylic acids is 1. The van der Waals surface area contributed by atoms with Crippen molar-refractivity contribution in [3.05, 3.63) is 58.6 Å². The van der Waals surface area contributed by atoms with Crippen LogP contribution in [0.1, 0.15) is 29.3 Å². The molecule has 3 N–H and O–H groups in total. The van der Waals surface area contributed by atoms with Crippen LogP contribution in [0.4, 0.5) is 11.4 Å². The maximum absolute atomic E-state index is 12.1. The zero-order valence-electron chi connectivity index (χ0n) is 11.3. The van der Waals surface area contributed by atoms with Crippen molar-refractivity contribution in [1.82, 2.24) is 0 Å². The van der Waals surface area contributed by atoms with Crippen LogP contribution in [-0.2, 0) is 6.42 Å². The number of benzene rings is 2. The van der Waals surface area contributed by atoms with Crippen molar-refractivity contribution in [3.63, 3.8) is 0 Å². The van der Waals surface area contributed by atoms with E-state index in [0.717, 1.165) is 18.5 Å². The maximum Gasteiger partial charge on any atom is 0.255 e. The number of rotatable bonds is 4. The van der Waals surface area contributed by atoms with E-state index in [1.54, 1.807) is 18.2 Å². The summed E-state index contributed by atoms with van der Waals surface area (Å²) in [6.45, 7) is 2.14. The highest BCUT2D eigenvalue weighted by Crippen LogP contribution is 2.18. The third-order valence-corrected chi connectivity index (χ3v) is 3.15. The van der Waals surface area contributed by atoms with Gasteiger partial charge in [0.2, 0.25) is 0 Å². The first-order valence-corrected chi connectivity index (χ1v) is 6.92. The lowest BCUT2D eigenvalue weighted by molar-refractivity contribution is 0.102. The normalized spacial score (nSPS) is 10.3. The summed E-state index contributed by atoms with van der Waals surface area (Å²) in [5.74, 6) is -0.220. The number of carbonyl (C=O) groups is 1. The zero-order valence-corrected chi connectivity index (χ0v) is 12.1. The van der Waals surface area contributed by atoms with E-state index in [0.29, 0.717) is 16.3 Å². The molecule has 0 aliphatic heterocycles. The second-order valence-corrected chi connectivity index (χ2v) is 5.11. The number of aryl methyl sites for hydroxylation is 1. The lowest BCUT2D eigenvalue weighted by Crippen LogP contribution is -2.12. The van der Waals surface area contributed by atoms with Crippen molar-refractivity contribution in [2.45, 2.75) is 19.8 Å². The number of amides is 1. The molecule has 0 fully saturated rings. The predicted molar refractivity (Wildman–Crippen MR) is 84.3 cm³/mol. The molecule has 3 nitrogen and oxygen atoms in total. The first-order valence-electron chi connectivity index (χ1n) is 6.55. The van der Waals surface area contributed by atoms with Crippen LogP contribution in [0.2, 0.25) is 5.02 Å². The van der Waals surface area contributed by atoms with Crippen LogP contribution in [0, 0.1) is 0 Å². The van der Waals surface area contributed by atoms with Crippen LogP contribution in [0.3, 0.4) is 0 Å². The fourth-order valence-corrected chi connectivity index (χ4v) is 2.23. The number of nitrogens with two attached hydrogens (primary N) is 1. The smallest absolute Gasteiger partial charge is 0.255 e.